The highest BCUT2D eigenvalue weighted by molar-refractivity contribution is 7.11. The fraction of sp³-hybridized carbons (Fsp3) is 0.154. The summed E-state index contributed by atoms with van der Waals surface area (Å²) < 4.78 is 1.83. The number of aliphatic carboxylic acids is 1. The predicted molar refractivity (Wildman–Crippen MR) is 75.4 cm³/mol. The molecule has 6 nitrogen and oxygen atoms in total. The van der Waals surface area contributed by atoms with Crippen molar-refractivity contribution in [2.24, 2.45) is 7.05 Å². The number of rotatable bonds is 5. The van der Waals surface area contributed by atoms with Gasteiger partial charge in [-0.2, -0.15) is 0 Å². The summed E-state index contributed by atoms with van der Waals surface area (Å²) in [7, 11) is 1.86. The van der Waals surface area contributed by atoms with Gasteiger partial charge in [-0.25, -0.2) is 9.78 Å². The number of imidazole rings is 1. The van der Waals surface area contributed by atoms with Crippen molar-refractivity contribution in [3.05, 3.63) is 46.2 Å². The molecule has 0 radical (unpaired) electrons. The number of nitrogens with zero attached hydrogens (tertiary/aromatic N) is 2. The molecule has 2 rings (SSSR count). The molecule has 0 aliphatic carbocycles. The lowest BCUT2D eigenvalue weighted by molar-refractivity contribution is -0.131. The molecule has 0 saturated carbocycles. The highest BCUT2D eigenvalue weighted by Gasteiger charge is 2.09. The summed E-state index contributed by atoms with van der Waals surface area (Å²) in [5.74, 6) is -0.460. The number of carbonyl (C=O) groups is 2. The third kappa shape index (κ3) is 3.55. The zero-order chi connectivity index (χ0) is 14.5. The second-order valence-corrected chi connectivity index (χ2v) is 4.99. The summed E-state index contributed by atoms with van der Waals surface area (Å²) in [6.45, 7) is 0.346. The number of carboxylic acids is 1. The molecule has 104 valence electrons. The molecule has 0 aromatic carbocycles. The molecular formula is C13H13N3O3S. The van der Waals surface area contributed by atoms with Gasteiger partial charge in [0, 0.05) is 35.8 Å². The lowest BCUT2D eigenvalue weighted by atomic mass is 10.3. The number of thiophene rings is 1. The SMILES string of the molecule is Cn1ccnc1CNC(=O)c1csc(C=CC(=O)O)c1. The van der Waals surface area contributed by atoms with Crippen LogP contribution in [0.2, 0.25) is 0 Å². The Morgan fingerprint density at radius 3 is 3.00 bits per heavy atom. The molecule has 0 bridgehead atoms. The molecule has 2 aromatic heterocycles. The number of carbonyl (C=O) groups excluding carboxylic acids is 1. The van der Waals surface area contributed by atoms with E-state index in [1.165, 1.54) is 17.4 Å². The normalized spacial score (nSPS) is 10.8. The molecular weight excluding hydrogens is 278 g/mol. The van der Waals surface area contributed by atoms with Crippen molar-refractivity contribution in [1.29, 1.82) is 0 Å². The molecule has 0 unspecified atom stereocenters. The number of nitrogens with one attached hydrogen (secondary N) is 1. The number of hydrogen-bond acceptors (Lipinski definition) is 4. The molecule has 0 saturated heterocycles. The van der Waals surface area contributed by atoms with Crippen molar-refractivity contribution in [3.63, 3.8) is 0 Å². The largest absolute Gasteiger partial charge is 0.478 e. The second kappa shape index (κ2) is 6.16. The van der Waals surface area contributed by atoms with Gasteiger partial charge >= 0.3 is 5.97 Å². The van der Waals surface area contributed by atoms with Gasteiger partial charge in [-0.1, -0.05) is 0 Å². The maximum absolute atomic E-state index is 11.9. The van der Waals surface area contributed by atoms with Crippen LogP contribution in [0.15, 0.2) is 29.9 Å². The van der Waals surface area contributed by atoms with E-state index in [2.05, 4.69) is 10.3 Å². The first-order chi connectivity index (χ1) is 9.56. The van der Waals surface area contributed by atoms with Crippen molar-refractivity contribution >= 4 is 29.3 Å². The molecule has 7 heteroatoms. The highest BCUT2D eigenvalue weighted by Crippen LogP contribution is 2.16. The van der Waals surface area contributed by atoms with E-state index in [1.807, 2.05) is 11.6 Å². The maximum atomic E-state index is 11.9. The molecule has 0 atom stereocenters. The van der Waals surface area contributed by atoms with Crippen LogP contribution >= 0.6 is 11.3 Å². The molecule has 0 spiro atoms. The minimum absolute atomic E-state index is 0.209. The standard InChI is InChI=1S/C13H13N3O3S/c1-16-5-4-14-11(16)7-15-13(19)9-6-10(20-8-9)2-3-12(17)18/h2-6,8H,7H2,1H3,(H,15,19)(H,17,18). The van der Waals surface area contributed by atoms with Crippen molar-refractivity contribution in [3.8, 4) is 0 Å². The third-order valence-corrected chi connectivity index (χ3v) is 3.50. The van der Waals surface area contributed by atoms with Crippen molar-refractivity contribution < 1.29 is 14.7 Å². The van der Waals surface area contributed by atoms with Gasteiger partial charge in [0.25, 0.3) is 5.91 Å². The number of carboxylic acid groups (broad SMARTS) is 1. The van der Waals surface area contributed by atoms with E-state index < -0.39 is 5.97 Å². The van der Waals surface area contributed by atoms with Crippen LogP contribution in [0.5, 0.6) is 0 Å². The molecule has 2 heterocycles. The number of amides is 1. The van der Waals surface area contributed by atoms with Gasteiger partial charge in [0.05, 0.1) is 12.1 Å². The summed E-state index contributed by atoms with van der Waals surface area (Å²) in [6.07, 6.45) is 5.98. The Balaban J connectivity index is 1.96. The Labute approximate surface area is 119 Å². The van der Waals surface area contributed by atoms with E-state index in [4.69, 9.17) is 5.11 Å². The topological polar surface area (TPSA) is 84.2 Å². The van der Waals surface area contributed by atoms with E-state index in [1.54, 1.807) is 23.8 Å². The van der Waals surface area contributed by atoms with Gasteiger partial charge < -0.3 is 15.0 Å². The van der Waals surface area contributed by atoms with Crippen molar-refractivity contribution in [1.82, 2.24) is 14.9 Å². The Bertz CT molecular complexity index is 657. The van der Waals surface area contributed by atoms with Crippen LogP contribution in [0.25, 0.3) is 6.08 Å². The fourth-order valence-corrected chi connectivity index (χ4v) is 2.32. The number of hydrogen-bond donors (Lipinski definition) is 2. The van der Waals surface area contributed by atoms with E-state index in [0.29, 0.717) is 12.1 Å². The van der Waals surface area contributed by atoms with Gasteiger partial charge in [-0.05, 0) is 12.1 Å². The molecule has 20 heavy (non-hydrogen) atoms. The average Bonchev–Trinajstić information content (AvgIpc) is 3.02. The van der Waals surface area contributed by atoms with Crippen LogP contribution < -0.4 is 5.32 Å². The smallest absolute Gasteiger partial charge is 0.328 e. The maximum Gasteiger partial charge on any atom is 0.328 e. The van der Waals surface area contributed by atoms with Crippen LogP contribution in [-0.4, -0.2) is 26.5 Å². The molecule has 2 N–H and O–H groups in total. The van der Waals surface area contributed by atoms with E-state index in [-0.39, 0.29) is 5.91 Å². The van der Waals surface area contributed by atoms with Crippen molar-refractivity contribution in [2.75, 3.05) is 0 Å². The molecule has 1 amide bonds. The monoisotopic (exact) mass is 291 g/mol. The quantitative estimate of drug-likeness (QED) is 0.818. The van der Waals surface area contributed by atoms with Crippen molar-refractivity contribution in [2.45, 2.75) is 6.54 Å². The minimum atomic E-state index is -1.01. The number of aromatic nitrogens is 2. The van der Waals surface area contributed by atoms with Gasteiger partial charge in [0.15, 0.2) is 0 Å². The fourth-order valence-electron chi connectivity index (χ4n) is 1.54. The second-order valence-electron chi connectivity index (χ2n) is 4.05. The van der Waals surface area contributed by atoms with Crippen LogP contribution in [-0.2, 0) is 18.4 Å². The Morgan fingerprint density at radius 2 is 2.35 bits per heavy atom. The predicted octanol–water partition coefficient (Wildman–Crippen LogP) is 1.51. The van der Waals surface area contributed by atoms with Crippen LogP contribution in [0.1, 0.15) is 21.1 Å². The first kappa shape index (κ1) is 14.0. The van der Waals surface area contributed by atoms with Crippen LogP contribution in [0.3, 0.4) is 0 Å². The van der Waals surface area contributed by atoms with E-state index in [9.17, 15) is 9.59 Å². The summed E-state index contributed by atoms with van der Waals surface area (Å²) in [6, 6.07) is 1.65. The first-order valence-electron chi connectivity index (χ1n) is 5.80. The van der Waals surface area contributed by atoms with Crippen LogP contribution in [0, 0.1) is 0 Å². The highest BCUT2D eigenvalue weighted by atomic mass is 32.1. The summed E-state index contributed by atoms with van der Waals surface area (Å²) >= 11 is 1.31. The Hall–Kier alpha value is -2.41. The lowest BCUT2D eigenvalue weighted by Crippen LogP contribution is -2.23. The molecule has 0 aliphatic heterocycles. The van der Waals surface area contributed by atoms with Gasteiger partial charge in [0.1, 0.15) is 5.82 Å². The first-order valence-corrected chi connectivity index (χ1v) is 6.68. The Kier molecular flexibility index (Phi) is 4.31. The summed E-state index contributed by atoms with van der Waals surface area (Å²) in [5.41, 5.74) is 0.509. The van der Waals surface area contributed by atoms with Gasteiger partial charge in [0.2, 0.25) is 0 Å². The zero-order valence-electron chi connectivity index (χ0n) is 10.7. The molecule has 2 aromatic rings. The summed E-state index contributed by atoms with van der Waals surface area (Å²) in [4.78, 5) is 27.2. The lowest BCUT2D eigenvalue weighted by Gasteiger charge is -2.03. The van der Waals surface area contributed by atoms with Crippen LogP contribution in [0.4, 0.5) is 0 Å². The third-order valence-electron chi connectivity index (χ3n) is 2.60. The zero-order valence-corrected chi connectivity index (χ0v) is 11.6. The Morgan fingerprint density at radius 1 is 1.55 bits per heavy atom. The van der Waals surface area contributed by atoms with E-state index in [0.717, 1.165) is 16.8 Å². The number of aryl methyl sites for hydroxylation is 1. The van der Waals surface area contributed by atoms with E-state index >= 15 is 0 Å². The van der Waals surface area contributed by atoms with Gasteiger partial charge in [-0.3, -0.25) is 4.79 Å². The van der Waals surface area contributed by atoms with Gasteiger partial charge in [-0.15, -0.1) is 11.3 Å². The molecule has 0 fully saturated rings. The molecule has 0 aliphatic rings. The minimum Gasteiger partial charge on any atom is -0.478 e. The average molecular weight is 291 g/mol. The summed E-state index contributed by atoms with van der Waals surface area (Å²) in [5, 5.41) is 13.0.